The molecule has 9 atom stereocenters. The molecule has 34 heavy (non-hydrogen) atoms. The summed E-state index contributed by atoms with van der Waals surface area (Å²) in [5, 5.41) is 0. The average Bonchev–Trinajstić information content (AvgIpc) is 3.10. The van der Waals surface area contributed by atoms with Crippen LogP contribution in [0.25, 0.3) is 0 Å². The maximum Gasteiger partial charge on any atom is 0.184 e. The third-order valence-electron chi connectivity index (χ3n) is 11.2. The Bertz CT molecular complexity index is 774. The molecular weight excluding hydrogens is 428 g/mol. The van der Waals surface area contributed by atoms with E-state index in [0.717, 1.165) is 35.5 Å². The average molecular weight is 485 g/mol. The monoisotopic (exact) mass is 484 g/mol. The van der Waals surface area contributed by atoms with E-state index >= 15 is 0 Å². The molecule has 0 radical (unpaired) electrons. The minimum atomic E-state index is -1.45. The van der Waals surface area contributed by atoms with E-state index in [2.05, 4.69) is 79.4 Å². The number of fused-ring (bicyclic) bond motifs is 5. The summed E-state index contributed by atoms with van der Waals surface area (Å²) in [6, 6.07) is 0. The van der Waals surface area contributed by atoms with Gasteiger partial charge in [-0.1, -0.05) is 65.3 Å². The lowest BCUT2D eigenvalue weighted by molar-refractivity contribution is -0.0369. The zero-order valence-electron chi connectivity index (χ0n) is 24.1. The van der Waals surface area contributed by atoms with E-state index < -0.39 is 8.32 Å². The Hall–Kier alpha value is -0.343. The molecule has 2 heteroatoms. The number of allylic oxidation sites excluding steroid dienone is 4. The molecule has 0 heterocycles. The topological polar surface area (TPSA) is 9.23 Å². The summed E-state index contributed by atoms with van der Waals surface area (Å²) in [5.41, 5.74) is 2.93. The summed E-state index contributed by atoms with van der Waals surface area (Å²) in [7, 11) is -1.45. The molecule has 0 aromatic heterocycles. The Morgan fingerprint density at radius 3 is 2.29 bits per heavy atom. The first kappa shape index (κ1) is 26.7. The van der Waals surface area contributed by atoms with Crippen molar-refractivity contribution in [2.24, 2.45) is 52.3 Å². The Morgan fingerprint density at radius 2 is 1.65 bits per heavy atom. The normalized spacial score (nSPS) is 42.2. The fraction of sp³-hybridized carbons (Fsp3) is 0.875. The van der Waals surface area contributed by atoms with Gasteiger partial charge in [0.25, 0.3) is 0 Å². The molecular formula is C32H56OSi. The summed E-state index contributed by atoms with van der Waals surface area (Å²) in [5.74, 6) is 5.57. The molecule has 0 aromatic carbocycles. The zero-order chi connectivity index (χ0) is 24.9. The van der Waals surface area contributed by atoms with Crippen LogP contribution in [0.4, 0.5) is 0 Å². The van der Waals surface area contributed by atoms with Gasteiger partial charge in [-0.2, -0.15) is 0 Å². The maximum absolute atomic E-state index is 6.61. The number of hydrogen-bond donors (Lipinski definition) is 0. The van der Waals surface area contributed by atoms with Crippen LogP contribution in [0, 0.1) is 52.3 Å². The van der Waals surface area contributed by atoms with Gasteiger partial charge in [0.2, 0.25) is 0 Å². The van der Waals surface area contributed by atoms with Crippen molar-refractivity contribution in [3.8, 4) is 0 Å². The van der Waals surface area contributed by atoms with Gasteiger partial charge < -0.3 is 4.43 Å². The van der Waals surface area contributed by atoms with Crippen LogP contribution < -0.4 is 0 Å². The Kier molecular flexibility index (Phi) is 7.73. The highest BCUT2D eigenvalue weighted by Gasteiger charge is 2.58. The van der Waals surface area contributed by atoms with E-state index in [-0.39, 0.29) is 0 Å². The van der Waals surface area contributed by atoms with E-state index in [9.17, 15) is 0 Å². The minimum absolute atomic E-state index is 0.507. The Balaban J connectivity index is 1.49. The van der Waals surface area contributed by atoms with Gasteiger partial charge in [-0.15, -0.1) is 0 Å². The van der Waals surface area contributed by atoms with Gasteiger partial charge in [0.15, 0.2) is 8.32 Å². The second-order valence-corrected chi connectivity index (χ2v) is 19.1. The fourth-order valence-electron chi connectivity index (χ4n) is 9.27. The molecule has 0 spiro atoms. The van der Waals surface area contributed by atoms with Crippen LogP contribution in [0.2, 0.25) is 19.6 Å². The molecule has 0 amide bonds. The van der Waals surface area contributed by atoms with E-state index in [1.807, 2.05) is 5.57 Å². The highest BCUT2D eigenvalue weighted by molar-refractivity contribution is 6.69. The molecule has 4 aliphatic rings. The van der Waals surface area contributed by atoms with Crippen LogP contribution in [-0.2, 0) is 4.43 Å². The van der Waals surface area contributed by atoms with Crippen LogP contribution in [-0.4, -0.2) is 14.4 Å². The van der Waals surface area contributed by atoms with Crippen molar-refractivity contribution >= 4 is 8.32 Å². The molecule has 4 aliphatic carbocycles. The lowest BCUT2D eigenvalue weighted by Crippen LogP contribution is -2.50. The molecule has 3 saturated carbocycles. The molecule has 0 aromatic rings. The Morgan fingerprint density at radius 1 is 0.971 bits per heavy atom. The zero-order valence-corrected chi connectivity index (χ0v) is 25.1. The second kappa shape index (κ2) is 9.84. The SMILES string of the molecule is CCC(/C=C/C(C)C1CCC2C3=CCC4C[C@@H](O[Si](C)(C)C)CCC4(C)C3CCC21C)C(C)C. The third kappa shape index (κ3) is 4.93. The van der Waals surface area contributed by atoms with Gasteiger partial charge in [-0.25, -0.2) is 0 Å². The Labute approximate surface area is 213 Å². The standard InChI is InChI=1S/C32H56OSi/c1-10-24(22(2)3)12-11-23(4)28-15-16-29-27-14-13-25-21-26(33-34(7,8)9)17-19-31(25,5)30(27)18-20-32(28,29)6/h11-12,14,22-26,28-30H,10,13,15-21H2,1-9H3/b12-11+/t23?,24?,25?,26-,28?,29?,30?,31?,32?/m0/s1. The predicted octanol–water partition coefficient (Wildman–Crippen LogP) is 9.66. The van der Waals surface area contributed by atoms with E-state index in [0.29, 0.717) is 22.9 Å². The fourth-order valence-corrected chi connectivity index (χ4v) is 10.5. The summed E-state index contributed by atoms with van der Waals surface area (Å²) < 4.78 is 6.61. The van der Waals surface area contributed by atoms with Gasteiger partial charge in [0.1, 0.15) is 0 Å². The van der Waals surface area contributed by atoms with Crippen molar-refractivity contribution in [2.45, 2.75) is 125 Å². The van der Waals surface area contributed by atoms with Crippen molar-refractivity contribution in [1.29, 1.82) is 0 Å². The molecule has 0 aliphatic heterocycles. The molecule has 0 N–H and O–H groups in total. The summed E-state index contributed by atoms with van der Waals surface area (Å²) in [6.07, 6.45) is 20.8. The van der Waals surface area contributed by atoms with Crippen molar-refractivity contribution in [2.75, 3.05) is 0 Å². The molecule has 0 saturated heterocycles. The van der Waals surface area contributed by atoms with Crippen molar-refractivity contribution < 1.29 is 4.43 Å². The number of rotatable bonds is 7. The molecule has 0 bridgehead atoms. The predicted molar refractivity (Wildman–Crippen MR) is 150 cm³/mol. The van der Waals surface area contributed by atoms with Crippen LogP contribution in [0.15, 0.2) is 23.8 Å². The molecule has 3 fully saturated rings. The minimum Gasteiger partial charge on any atom is -0.415 e. The van der Waals surface area contributed by atoms with Crippen LogP contribution in [0.1, 0.15) is 99.3 Å². The number of hydrogen-bond acceptors (Lipinski definition) is 1. The van der Waals surface area contributed by atoms with Gasteiger partial charge >= 0.3 is 0 Å². The van der Waals surface area contributed by atoms with E-state index in [1.54, 1.807) is 0 Å². The molecule has 1 nitrogen and oxygen atoms in total. The smallest absolute Gasteiger partial charge is 0.184 e. The first-order valence-electron chi connectivity index (χ1n) is 14.9. The van der Waals surface area contributed by atoms with Crippen molar-refractivity contribution in [3.05, 3.63) is 23.8 Å². The lowest BCUT2D eigenvalue weighted by Gasteiger charge is -2.58. The highest BCUT2D eigenvalue weighted by Crippen LogP contribution is 2.67. The summed E-state index contributed by atoms with van der Waals surface area (Å²) in [6.45, 7) is 22.1. The second-order valence-electron chi connectivity index (χ2n) is 14.7. The maximum atomic E-state index is 6.61. The largest absolute Gasteiger partial charge is 0.415 e. The molecule has 8 unspecified atom stereocenters. The first-order valence-corrected chi connectivity index (χ1v) is 18.4. The van der Waals surface area contributed by atoms with E-state index in [1.165, 1.54) is 57.8 Å². The van der Waals surface area contributed by atoms with E-state index in [4.69, 9.17) is 4.43 Å². The highest BCUT2D eigenvalue weighted by atomic mass is 28.4. The summed E-state index contributed by atoms with van der Waals surface area (Å²) in [4.78, 5) is 0. The van der Waals surface area contributed by atoms with Crippen molar-refractivity contribution in [1.82, 2.24) is 0 Å². The van der Waals surface area contributed by atoms with Gasteiger partial charge in [-0.3, -0.25) is 0 Å². The van der Waals surface area contributed by atoms with Gasteiger partial charge in [-0.05, 0) is 130 Å². The van der Waals surface area contributed by atoms with Crippen LogP contribution in [0.3, 0.4) is 0 Å². The molecule has 194 valence electrons. The quantitative estimate of drug-likeness (QED) is 0.258. The van der Waals surface area contributed by atoms with Gasteiger partial charge in [0, 0.05) is 6.10 Å². The van der Waals surface area contributed by atoms with Crippen LogP contribution >= 0.6 is 0 Å². The first-order chi connectivity index (χ1) is 15.9. The van der Waals surface area contributed by atoms with Gasteiger partial charge in [0.05, 0.1) is 0 Å². The third-order valence-corrected chi connectivity index (χ3v) is 12.3. The van der Waals surface area contributed by atoms with Crippen LogP contribution in [0.5, 0.6) is 0 Å². The summed E-state index contributed by atoms with van der Waals surface area (Å²) >= 11 is 0. The molecule has 4 rings (SSSR count). The lowest BCUT2D eigenvalue weighted by atomic mass is 9.47. The van der Waals surface area contributed by atoms with Crippen molar-refractivity contribution in [3.63, 3.8) is 0 Å².